The van der Waals surface area contributed by atoms with Gasteiger partial charge in [-0.05, 0) is 0 Å². The van der Waals surface area contributed by atoms with Crippen molar-refractivity contribution in [1.82, 2.24) is 0 Å². The van der Waals surface area contributed by atoms with Crippen molar-refractivity contribution in [3.8, 4) is 11.1 Å². The number of fused-ring (bicyclic) bond motifs is 3. The molecule has 0 fully saturated rings. The summed E-state index contributed by atoms with van der Waals surface area (Å²) in [4.78, 5) is 0. The molecule has 5 heteroatoms. The van der Waals surface area contributed by atoms with Gasteiger partial charge in [-0.3, -0.25) is 0 Å². The Balaban J connectivity index is 0.00000302. The first kappa shape index (κ1) is 43.0. The fraction of sp³-hybridized carbons (Fsp3) is 0.383. The van der Waals surface area contributed by atoms with E-state index < -0.39 is 21.3 Å². The van der Waals surface area contributed by atoms with Gasteiger partial charge in [0.05, 0.1) is 0 Å². The normalized spacial score (nSPS) is 15.1. The van der Waals surface area contributed by atoms with Crippen molar-refractivity contribution in [2.45, 2.75) is 107 Å². The quantitative estimate of drug-likeness (QED) is 0.176. The second kappa shape index (κ2) is 15.8. The molecule has 0 N–H and O–H groups in total. The molecule has 274 valence electrons. The van der Waals surface area contributed by atoms with Crippen LogP contribution in [0.15, 0.2) is 87.7 Å². The van der Waals surface area contributed by atoms with Crippen LogP contribution in [0.2, 0.25) is 10.0 Å². The minimum absolute atomic E-state index is 0. The number of allylic oxidation sites excluding steroid dienone is 4. The molecule has 52 heavy (non-hydrogen) atoms. The van der Waals surface area contributed by atoms with Gasteiger partial charge in [0.15, 0.2) is 0 Å². The number of halogens is 4. The Morgan fingerprint density at radius 3 is 1.65 bits per heavy atom. The van der Waals surface area contributed by atoms with Crippen LogP contribution in [0.3, 0.4) is 0 Å². The van der Waals surface area contributed by atoms with Crippen molar-refractivity contribution in [2.75, 3.05) is 0 Å². The van der Waals surface area contributed by atoms with Gasteiger partial charge in [-0.2, -0.15) is 0 Å². The first-order valence-corrected chi connectivity index (χ1v) is 22.8. The van der Waals surface area contributed by atoms with Gasteiger partial charge in [-0.1, -0.05) is 0 Å². The molecular formula is C47H54Cl4Zr. The average Bonchev–Trinajstić information content (AvgIpc) is 3.61. The van der Waals surface area contributed by atoms with E-state index in [1.807, 2.05) is 0 Å². The largest absolute Gasteiger partial charge is 1.00 e. The Bertz CT molecular complexity index is 2030. The summed E-state index contributed by atoms with van der Waals surface area (Å²) in [6.45, 7) is 28.5. The van der Waals surface area contributed by atoms with E-state index in [0.717, 1.165) is 22.9 Å². The molecule has 2 aliphatic rings. The van der Waals surface area contributed by atoms with Crippen molar-refractivity contribution in [1.29, 1.82) is 0 Å². The van der Waals surface area contributed by atoms with E-state index in [0.29, 0.717) is 5.92 Å². The van der Waals surface area contributed by atoms with E-state index >= 15 is 0 Å². The van der Waals surface area contributed by atoms with Gasteiger partial charge in [0.2, 0.25) is 0 Å². The third-order valence-electron chi connectivity index (χ3n) is 10.9. The second-order valence-electron chi connectivity index (χ2n) is 17.7. The molecule has 0 aliphatic heterocycles. The summed E-state index contributed by atoms with van der Waals surface area (Å²) in [5.41, 5.74) is 15.9. The van der Waals surface area contributed by atoms with E-state index in [2.05, 4.69) is 162 Å². The molecule has 0 heterocycles. The molecule has 4 aromatic carbocycles. The third kappa shape index (κ3) is 8.26. The van der Waals surface area contributed by atoms with Crippen molar-refractivity contribution in [3.63, 3.8) is 0 Å². The van der Waals surface area contributed by atoms with Crippen molar-refractivity contribution < 1.29 is 46.1 Å². The van der Waals surface area contributed by atoms with Crippen LogP contribution in [-0.2, 0) is 38.5 Å². The molecular weight excluding hydrogens is 798 g/mol. The van der Waals surface area contributed by atoms with Gasteiger partial charge in [0.1, 0.15) is 0 Å². The van der Waals surface area contributed by atoms with E-state index in [1.165, 1.54) is 58.9 Å². The summed E-state index contributed by atoms with van der Waals surface area (Å²) < 4.78 is 4.85. The van der Waals surface area contributed by atoms with E-state index in [4.69, 9.17) is 23.2 Å². The van der Waals surface area contributed by atoms with E-state index in [1.54, 1.807) is 12.1 Å². The van der Waals surface area contributed by atoms with Crippen LogP contribution in [0.5, 0.6) is 0 Å². The van der Waals surface area contributed by atoms with Crippen LogP contribution in [0.1, 0.15) is 120 Å². The zero-order valence-electron chi connectivity index (χ0n) is 33.0. The number of hydrogen-bond donors (Lipinski definition) is 0. The van der Waals surface area contributed by atoms with Gasteiger partial charge in [-0.25, -0.2) is 0 Å². The van der Waals surface area contributed by atoms with Gasteiger partial charge in [0.25, 0.3) is 0 Å². The van der Waals surface area contributed by atoms with Crippen LogP contribution in [0, 0.1) is 25.2 Å². The molecule has 6 rings (SSSR count). The van der Waals surface area contributed by atoms with Crippen LogP contribution in [0.4, 0.5) is 0 Å². The van der Waals surface area contributed by atoms with Gasteiger partial charge < -0.3 is 24.8 Å². The maximum atomic E-state index is 6.57. The summed E-state index contributed by atoms with van der Waals surface area (Å²) in [6.07, 6.45) is 7.33. The van der Waals surface area contributed by atoms with E-state index in [-0.39, 0.29) is 41.1 Å². The Kier molecular flexibility index (Phi) is 13.1. The summed E-state index contributed by atoms with van der Waals surface area (Å²) in [6, 6.07) is 25.0. The summed E-state index contributed by atoms with van der Waals surface area (Å²) in [5, 5.41) is 1.54. The summed E-state index contributed by atoms with van der Waals surface area (Å²) in [7, 11) is 0. The Hall–Kier alpha value is -1.73. The standard InChI is InChI=1S/C23H29.C13H8Cl2.C11H17.2ClH.Zr/c1-14-9-16-11-17-10-15(2)21(23(6,7)8)13-19(17)18(16)12-20(14)22(3,4)5;14-12-5-1-10(2-6-12)9-11-3-7-13(15)8-4-11;1-5-9-6-7-10(8-9)11(2,3)4;;;/h9,12-13H,11H2,1-8H3;1-8H;7-9H,5H2,1-4H3;2*1H;/q;;;;;+2/p-2. The fourth-order valence-corrected chi connectivity index (χ4v) is 17.8. The SMILES string of the molecule is CCC1C=C(C(C)(C)C)C=[C]1[Zr+2](=[C](c1ccc(Cl)cc1)c1ccc(Cl)cc1)[c]1c(C)c(C(C)(C)C)cc2c1Cc1cc(C)c(C(C)(C)C)cc1-2.[Cl-].[Cl-]. The van der Waals surface area contributed by atoms with Gasteiger partial charge in [0, 0.05) is 0 Å². The molecule has 0 saturated heterocycles. The molecule has 0 nitrogen and oxygen atoms in total. The molecule has 2 aliphatic carbocycles. The molecule has 0 radical (unpaired) electrons. The maximum absolute atomic E-state index is 6.57. The maximum Gasteiger partial charge on any atom is -1.00 e. The molecule has 1 atom stereocenters. The Labute approximate surface area is 344 Å². The number of hydrogen-bond acceptors (Lipinski definition) is 0. The van der Waals surface area contributed by atoms with E-state index in [9.17, 15) is 0 Å². The molecule has 0 aromatic heterocycles. The van der Waals surface area contributed by atoms with Crippen molar-refractivity contribution in [2.24, 2.45) is 11.3 Å². The molecule has 1 unspecified atom stereocenters. The number of rotatable bonds is 5. The number of aryl methyl sites for hydroxylation is 1. The first-order valence-electron chi connectivity index (χ1n) is 18.3. The fourth-order valence-electron chi connectivity index (χ4n) is 8.33. The zero-order valence-corrected chi connectivity index (χ0v) is 38.5. The van der Waals surface area contributed by atoms with Crippen molar-refractivity contribution in [3.05, 3.63) is 142 Å². The van der Waals surface area contributed by atoms with Crippen LogP contribution < -0.4 is 28.1 Å². The zero-order chi connectivity index (χ0) is 36.5. The topological polar surface area (TPSA) is 0 Å². The second-order valence-corrected chi connectivity index (χ2v) is 24.3. The molecule has 0 amide bonds. The predicted molar refractivity (Wildman–Crippen MR) is 217 cm³/mol. The van der Waals surface area contributed by atoms with Crippen LogP contribution in [-0.4, -0.2) is 3.21 Å². The Morgan fingerprint density at radius 2 is 1.19 bits per heavy atom. The predicted octanol–water partition coefficient (Wildman–Crippen LogP) is 7.19. The minimum Gasteiger partial charge on any atom is -1.00 e. The van der Waals surface area contributed by atoms with Crippen molar-refractivity contribution >= 4 is 29.7 Å². The van der Waals surface area contributed by atoms with Crippen LogP contribution in [0.25, 0.3) is 11.1 Å². The molecule has 4 aromatic rings. The summed E-state index contributed by atoms with van der Waals surface area (Å²) >= 11 is 10.1. The molecule has 0 bridgehead atoms. The third-order valence-corrected chi connectivity index (χ3v) is 19.6. The average molecular weight is 852 g/mol. The first-order chi connectivity index (χ1) is 23.3. The number of benzene rings is 4. The Morgan fingerprint density at radius 1 is 0.692 bits per heavy atom. The molecule has 0 spiro atoms. The monoisotopic (exact) mass is 848 g/mol. The summed E-state index contributed by atoms with van der Waals surface area (Å²) in [5.74, 6) is 0.417. The molecule has 0 saturated carbocycles. The smallest absolute Gasteiger partial charge is 1.00 e. The van der Waals surface area contributed by atoms with Gasteiger partial charge in [-0.15, -0.1) is 0 Å². The van der Waals surface area contributed by atoms with Gasteiger partial charge >= 0.3 is 322 Å². The van der Waals surface area contributed by atoms with Crippen LogP contribution >= 0.6 is 23.2 Å². The minimum atomic E-state index is -3.07.